The molecule has 7 heteroatoms. The van der Waals surface area contributed by atoms with Crippen LogP contribution in [0.4, 0.5) is 5.95 Å². The lowest BCUT2D eigenvalue weighted by Gasteiger charge is -2.33. The number of fused-ring (bicyclic) bond motifs is 1. The number of nitrogens with one attached hydrogen (secondary N) is 1. The first kappa shape index (κ1) is 27.5. The topological polar surface area (TPSA) is 79.4 Å². The number of anilines is 1. The minimum atomic E-state index is -0.159. The monoisotopic (exact) mass is 550 g/mol. The fourth-order valence-electron chi connectivity index (χ4n) is 6.61. The molecule has 7 nitrogen and oxygen atoms in total. The number of hydrogen-bond acceptors (Lipinski definition) is 5. The highest BCUT2D eigenvalue weighted by atomic mass is 16.2. The molecule has 1 amide bonds. The van der Waals surface area contributed by atoms with Crippen molar-refractivity contribution in [3.8, 4) is 0 Å². The quantitative estimate of drug-likeness (QED) is 0.325. The molecular weight excluding hydrogens is 508 g/mol. The van der Waals surface area contributed by atoms with E-state index in [-0.39, 0.29) is 23.8 Å². The third-order valence-corrected chi connectivity index (χ3v) is 9.03. The number of nitrogens with zero attached hydrogens (tertiary/aromatic N) is 4. The number of carbonyl (C=O) groups is 1. The lowest BCUT2D eigenvalue weighted by molar-refractivity contribution is -0.127. The van der Waals surface area contributed by atoms with Crippen LogP contribution in [0.5, 0.6) is 0 Å². The summed E-state index contributed by atoms with van der Waals surface area (Å²) in [7, 11) is 2.18. The van der Waals surface area contributed by atoms with Crippen LogP contribution < -0.4 is 16.0 Å². The van der Waals surface area contributed by atoms with Crippen molar-refractivity contribution < 1.29 is 4.79 Å². The predicted octanol–water partition coefficient (Wildman–Crippen LogP) is 4.93. The predicted molar refractivity (Wildman–Crippen MR) is 166 cm³/mol. The fourth-order valence-corrected chi connectivity index (χ4v) is 6.61. The lowest BCUT2D eigenvalue weighted by atomic mass is 9.74. The second kappa shape index (κ2) is 12.5. The highest BCUT2D eigenvalue weighted by Crippen LogP contribution is 2.38. The van der Waals surface area contributed by atoms with Crippen LogP contribution in [0.2, 0.25) is 0 Å². The van der Waals surface area contributed by atoms with Gasteiger partial charge in [-0.15, -0.1) is 0 Å². The maximum Gasteiger partial charge on any atom is 0.224 e. The van der Waals surface area contributed by atoms with E-state index >= 15 is 0 Å². The van der Waals surface area contributed by atoms with E-state index in [9.17, 15) is 4.79 Å². The van der Waals surface area contributed by atoms with Gasteiger partial charge in [0, 0.05) is 38.6 Å². The maximum atomic E-state index is 13.6. The van der Waals surface area contributed by atoms with Crippen molar-refractivity contribution in [1.82, 2.24) is 19.8 Å². The molecule has 0 unspecified atom stereocenters. The summed E-state index contributed by atoms with van der Waals surface area (Å²) in [6, 6.07) is 27.3. The van der Waals surface area contributed by atoms with Crippen LogP contribution in [0.3, 0.4) is 0 Å². The van der Waals surface area contributed by atoms with Crippen LogP contribution in [0.1, 0.15) is 54.3 Å². The van der Waals surface area contributed by atoms with E-state index in [0.717, 1.165) is 75.4 Å². The molecule has 214 valence electrons. The third-order valence-electron chi connectivity index (χ3n) is 9.03. The largest absolute Gasteiger partial charge is 0.348 e. The van der Waals surface area contributed by atoms with Crippen LogP contribution in [0.25, 0.3) is 11.0 Å². The Kier molecular flexibility index (Phi) is 8.35. The number of hydrogen-bond donors (Lipinski definition) is 2. The maximum absolute atomic E-state index is 13.6. The van der Waals surface area contributed by atoms with Crippen molar-refractivity contribution in [2.75, 3.05) is 44.7 Å². The summed E-state index contributed by atoms with van der Waals surface area (Å²) in [6.45, 7) is 5.22. The van der Waals surface area contributed by atoms with Crippen LogP contribution in [-0.2, 0) is 11.3 Å². The standard InChI is InChI=1S/C34H42N6O/c1-38-19-21-39(22-20-38)34-37-30-13-7-8-14-32(30)40(34)24-25-15-17-26(18-16-25)28-11-5-6-12-29(28)33(41)36-31(23-35)27-9-3-2-4-10-27/h2-4,7-10,13-18,28-29,31H,5-6,11-12,19-24,35H2,1H3,(H,36,41)/t28-,29+,31+/m0/s1. The van der Waals surface area contributed by atoms with Crippen LogP contribution in [0.15, 0.2) is 78.9 Å². The van der Waals surface area contributed by atoms with Gasteiger partial charge in [0.1, 0.15) is 0 Å². The van der Waals surface area contributed by atoms with Crippen LogP contribution >= 0.6 is 0 Å². The zero-order valence-electron chi connectivity index (χ0n) is 24.1. The molecule has 1 aliphatic carbocycles. The number of carbonyl (C=O) groups excluding carboxylic acids is 1. The molecule has 4 aromatic rings. The van der Waals surface area contributed by atoms with E-state index in [1.54, 1.807) is 0 Å². The number of imidazole rings is 1. The molecule has 6 rings (SSSR count). The summed E-state index contributed by atoms with van der Waals surface area (Å²) < 4.78 is 2.36. The van der Waals surface area contributed by atoms with E-state index in [0.29, 0.717) is 6.54 Å². The van der Waals surface area contributed by atoms with E-state index in [1.807, 2.05) is 30.3 Å². The number of nitrogens with two attached hydrogens (primary N) is 1. The molecule has 3 aromatic carbocycles. The van der Waals surface area contributed by atoms with Gasteiger partial charge < -0.3 is 25.4 Å². The summed E-state index contributed by atoms with van der Waals surface area (Å²) in [4.78, 5) is 23.4. The second-order valence-corrected chi connectivity index (χ2v) is 11.7. The van der Waals surface area contributed by atoms with Crippen molar-refractivity contribution in [2.45, 2.75) is 44.2 Å². The average Bonchev–Trinajstić information content (AvgIpc) is 3.39. The van der Waals surface area contributed by atoms with Crippen molar-refractivity contribution in [2.24, 2.45) is 11.7 Å². The molecule has 1 aromatic heterocycles. The molecule has 0 bridgehead atoms. The number of piperazine rings is 1. The minimum Gasteiger partial charge on any atom is -0.348 e. The van der Waals surface area contributed by atoms with Crippen LogP contribution in [-0.4, -0.2) is 60.1 Å². The van der Waals surface area contributed by atoms with Gasteiger partial charge in [-0.2, -0.15) is 0 Å². The Morgan fingerprint density at radius 1 is 0.927 bits per heavy atom. The number of benzene rings is 3. The number of rotatable bonds is 8. The normalized spacial score (nSPS) is 20.7. The van der Waals surface area contributed by atoms with Crippen molar-refractivity contribution in [1.29, 1.82) is 0 Å². The second-order valence-electron chi connectivity index (χ2n) is 11.7. The van der Waals surface area contributed by atoms with Crippen LogP contribution in [0, 0.1) is 5.92 Å². The van der Waals surface area contributed by atoms with Gasteiger partial charge in [-0.1, -0.05) is 79.6 Å². The number of amides is 1. The Bertz CT molecular complexity index is 1440. The average molecular weight is 551 g/mol. The first-order chi connectivity index (χ1) is 20.1. The Labute approximate surface area is 243 Å². The SMILES string of the molecule is CN1CCN(c2nc3ccccc3n2Cc2ccc([C@@H]3CCCC[C@H]3C(=O)N[C@H](CN)c3ccccc3)cc2)CC1. The molecule has 0 radical (unpaired) electrons. The van der Waals surface area contributed by atoms with E-state index in [2.05, 4.69) is 75.3 Å². The Hall–Kier alpha value is -3.68. The summed E-state index contributed by atoms with van der Waals surface area (Å²) in [5, 5.41) is 3.27. The summed E-state index contributed by atoms with van der Waals surface area (Å²) in [5.74, 6) is 1.37. The highest BCUT2D eigenvalue weighted by Gasteiger charge is 2.33. The van der Waals surface area contributed by atoms with Gasteiger partial charge in [0.15, 0.2) is 0 Å². The molecule has 3 atom stereocenters. The summed E-state index contributed by atoms with van der Waals surface area (Å²) in [5.41, 5.74) is 11.8. The van der Waals surface area contributed by atoms with Crippen molar-refractivity contribution in [3.05, 3.63) is 95.6 Å². The molecule has 1 saturated carbocycles. The van der Waals surface area contributed by atoms with Crippen molar-refractivity contribution in [3.63, 3.8) is 0 Å². The van der Waals surface area contributed by atoms with Gasteiger partial charge in [0.05, 0.1) is 23.6 Å². The number of aromatic nitrogens is 2. The third kappa shape index (κ3) is 6.02. The number of para-hydroxylation sites is 2. The van der Waals surface area contributed by atoms with Gasteiger partial charge in [-0.25, -0.2) is 4.98 Å². The smallest absolute Gasteiger partial charge is 0.224 e. The van der Waals surface area contributed by atoms with Gasteiger partial charge in [-0.3, -0.25) is 4.79 Å². The fraction of sp³-hybridized carbons (Fsp3) is 0.412. The first-order valence-corrected chi connectivity index (χ1v) is 15.1. The molecule has 1 saturated heterocycles. The van der Waals surface area contributed by atoms with Gasteiger partial charge >= 0.3 is 0 Å². The Morgan fingerprint density at radius 3 is 2.39 bits per heavy atom. The molecule has 41 heavy (non-hydrogen) atoms. The molecule has 2 heterocycles. The minimum absolute atomic E-state index is 0.0335. The molecule has 0 spiro atoms. The summed E-state index contributed by atoms with van der Waals surface area (Å²) in [6.07, 6.45) is 4.20. The van der Waals surface area contributed by atoms with E-state index in [4.69, 9.17) is 10.7 Å². The Morgan fingerprint density at radius 2 is 1.63 bits per heavy atom. The lowest BCUT2D eigenvalue weighted by Crippen LogP contribution is -2.45. The van der Waals surface area contributed by atoms with E-state index in [1.165, 1.54) is 16.6 Å². The molecular formula is C34H42N6O. The number of likely N-dealkylation sites (N-methyl/N-ethyl adjacent to an activating group) is 1. The molecule has 1 aliphatic heterocycles. The molecule has 2 aliphatic rings. The molecule has 3 N–H and O–H groups in total. The first-order valence-electron chi connectivity index (χ1n) is 15.1. The van der Waals surface area contributed by atoms with Crippen molar-refractivity contribution >= 4 is 22.9 Å². The van der Waals surface area contributed by atoms with Gasteiger partial charge in [0.25, 0.3) is 0 Å². The highest BCUT2D eigenvalue weighted by molar-refractivity contribution is 5.80. The molecule has 2 fully saturated rings. The Balaban J connectivity index is 1.20. The zero-order chi connectivity index (χ0) is 28.2. The van der Waals surface area contributed by atoms with Gasteiger partial charge in [-0.05, 0) is 54.6 Å². The van der Waals surface area contributed by atoms with Gasteiger partial charge in [0.2, 0.25) is 11.9 Å². The zero-order valence-corrected chi connectivity index (χ0v) is 24.1. The van der Waals surface area contributed by atoms with E-state index < -0.39 is 0 Å². The summed E-state index contributed by atoms with van der Waals surface area (Å²) >= 11 is 0.